The first-order valence-corrected chi connectivity index (χ1v) is 5.91. The molecule has 9 heteroatoms. The summed E-state index contributed by atoms with van der Waals surface area (Å²) in [6.07, 6.45) is 0. The molecule has 0 aliphatic heterocycles. The zero-order valence-electron chi connectivity index (χ0n) is 11.3. The largest absolute Gasteiger partial charge is 0.467 e. The van der Waals surface area contributed by atoms with Crippen LogP contribution in [0.15, 0.2) is 24.3 Å². The third-order valence-electron chi connectivity index (χ3n) is 2.37. The van der Waals surface area contributed by atoms with Gasteiger partial charge in [-0.2, -0.15) is 23.7 Å². The zero-order chi connectivity index (χ0) is 15.2. The highest BCUT2D eigenvalue weighted by Gasteiger charge is 2.12. The molecule has 0 unspecified atom stereocenters. The molecular weight excluding hydrogens is 284 g/mol. The fraction of sp³-hybridized carbons (Fsp3) is 0.250. The van der Waals surface area contributed by atoms with Crippen molar-refractivity contribution in [2.24, 2.45) is 0 Å². The van der Waals surface area contributed by atoms with Crippen molar-refractivity contribution < 1.29 is 18.3 Å². The molecular formula is C12H13F2N5O2. The molecule has 0 bridgehead atoms. The van der Waals surface area contributed by atoms with Gasteiger partial charge in [0.2, 0.25) is 11.9 Å². The number of hydrogen-bond donors (Lipinski definition) is 2. The van der Waals surface area contributed by atoms with Crippen LogP contribution in [0.2, 0.25) is 0 Å². The maximum absolute atomic E-state index is 12.4. The average Bonchev–Trinajstić information content (AvgIpc) is 2.48. The predicted molar refractivity (Wildman–Crippen MR) is 72.3 cm³/mol. The molecule has 0 aliphatic carbocycles. The van der Waals surface area contributed by atoms with Gasteiger partial charge in [-0.3, -0.25) is 0 Å². The lowest BCUT2D eigenvalue weighted by Gasteiger charge is -2.12. The number of halogens is 2. The van der Waals surface area contributed by atoms with E-state index in [1.165, 1.54) is 13.2 Å². The van der Waals surface area contributed by atoms with Crippen molar-refractivity contribution >= 4 is 17.6 Å². The molecule has 0 fully saturated rings. The molecule has 21 heavy (non-hydrogen) atoms. The minimum Gasteiger partial charge on any atom is -0.467 e. The number of nitrogens with one attached hydrogen (secondary N) is 2. The average molecular weight is 297 g/mol. The molecule has 1 aromatic carbocycles. The highest BCUT2D eigenvalue weighted by molar-refractivity contribution is 5.62. The van der Waals surface area contributed by atoms with Crippen LogP contribution in [0.3, 0.4) is 0 Å². The van der Waals surface area contributed by atoms with Crippen molar-refractivity contribution in [3.05, 3.63) is 24.3 Å². The van der Waals surface area contributed by atoms with E-state index in [-0.39, 0.29) is 23.7 Å². The van der Waals surface area contributed by atoms with Crippen LogP contribution < -0.4 is 20.1 Å². The van der Waals surface area contributed by atoms with Crippen molar-refractivity contribution in [2.45, 2.75) is 6.61 Å². The Kier molecular flexibility index (Phi) is 4.64. The summed E-state index contributed by atoms with van der Waals surface area (Å²) in [7, 11) is 3.04. The van der Waals surface area contributed by atoms with E-state index in [0.29, 0.717) is 5.69 Å². The maximum Gasteiger partial charge on any atom is 0.387 e. The highest BCUT2D eigenvalue weighted by Crippen LogP contribution is 2.28. The summed E-state index contributed by atoms with van der Waals surface area (Å²) in [6, 6.07) is 6.30. The van der Waals surface area contributed by atoms with E-state index in [4.69, 9.17) is 4.74 Å². The van der Waals surface area contributed by atoms with Crippen molar-refractivity contribution in [1.82, 2.24) is 15.0 Å². The number of ether oxygens (including phenoxy) is 2. The van der Waals surface area contributed by atoms with Gasteiger partial charge in [0.1, 0.15) is 5.75 Å². The van der Waals surface area contributed by atoms with Gasteiger partial charge in [-0.25, -0.2) is 0 Å². The molecule has 0 saturated carbocycles. The monoisotopic (exact) mass is 297 g/mol. The molecule has 2 rings (SSSR count). The van der Waals surface area contributed by atoms with Crippen LogP contribution in [-0.2, 0) is 0 Å². The van der Waals surface area contributed by atoms with E-state index in [9.17, 15) is 8.78 Å². The van der Waals surface area contributed by atoms with E-state index in [1.807, 2.05) is 0 Å². The lowest BCUT2D eigenvalue weighted by molar-refractivity contribution is -0.0493. The van der Waals surface area contributed by atoms with Crippen molar-refractivity contribution in [1.29, 1.82) is 0 Å². The Morgan fingerprint density at radius 3 is 2.48 bits per heavy atom. The second-order valence-corrected chi connectivity index (χ2v) is 3.72. The van der Waals surface area contributed by atoms with E-state index in [0.717, 1.165) is 0 Å². The molecule has 0 radical (unpaired) electrons. The van der Waals surface area contributed by atoms with E-state index in [2.05, 4.69) is 30.3 Å². The predicted octanol–water partition coefficient (Wildman–Crippen LogP) is 2.27. The molecule has 2 N–H and O–H groups in total. The Labute approximate surface area is 119 Å². The molecule has 7 nitrogen and oxygen atoms in total. The summed E-state index contributed by atoms with van der Waals surface area (Å²) in [4.78, 5) is 12.0. The molecule has 0 aliphatic rings. The minimum absolute atomic E-state index is 0.0158. The Hall–Kier alpha value is -2.71. The van der Waals surface area contributed by atoms with Crippen LogP contribution >= 0.6 is 0 Å². The third kappa shape index (κ3) is 3.88. The van der Waals surface area contributed by atoms with E-state index < -0.39 is 6.61 Å². The number of aromatic nitrogens is 3. The number of para-hydroxylation sites is 2. The van der Waals surface area contributed by atoms with Crippen LogP contribution in [0, 0.1) is 0 Å². The number of alkyl halides is 2. The number of benzene rings is 1. The van der Waals surface area contributed by atoms with E-state index in [1.54, 1.807) is 25.2 Å². The first kappa shape index (κ1) is 14.7. The van der Waals surface area contributed by atoms with Crippen LogP contribution in [0.25, 0.3) is 0 Å². The molecule has 0 amide bonds. The van der Waals surface area contributed by atoms with Gasteiger partial charge >= 0.3 is 12.6 Å². The second-order valence-electron chi connectivity index (χ2n) is 3.72. The number of rotatable bonds is 6. The van der Waals surface area contributed by atoms with Gasteiger partial charge in [0.15, 0.2) is 0 Å². The number of anilines is 3. The smallest absolute Gasteiger partial charge is 0.387 e. The zero-order valence-corrected chi connectivity index (χ0v) is 11.3. The van der Waals surface area contributed by atoms with Gasteiger partial charge in [-0.15, -0.1) is 0 Å². The molecule has 0 saturated heterocycles. The highest BCUT2D eigenvalue weighted by atomic mass is 19.3. The number of methoxy groups -OCH3 is 1. The molecule has 0 spiro atoms. The van der Waals surface area contributed by atoms with Crippen LogP contribution in [0.4, 0.5) is 26.4 Å². The van der Waals surface area contributed by atoms with Crippen LogP contribution in [0.1, 0.15) is 0 Å². The summed E-state index contributed by atoms with van der Waals surface area (Å²) in [5.74, 6) is 0.394. The van der Waals surface area contributed by atoms with Gasteiger partial charge in [0, 0.05) is 7.05 Å². The summed E-state index contributed by atoms with van der Waals surface area (Å²) in [6.45, 7) is -2.92. The summed E-state index contributed by atoms with van der Waals surface area (Å²) in [5, 5.41) is 5.53. The number of hydrogen-bond acceptors (Lipinski definition) is 7. The van der Waals surface area contributed by atoms with Crippen molar-refractivity contribution in [3.63, 3.8) is 0 Å². The third-order valence-corrected chi connectivity index (χ3v) is 2.37. The Balaban J connectivity index is 2.29. The maximum atomic E-state index is 12.4. The topological polar surface area (TPSA) is 81.2 Å². The molecule has 1 heterocycles. The van der Waals surface area contributed by atoms with Crippen LogP contribution in [-0.4, -0.2) is 35.7 Å². The molecule has 0 atom stereocenters. The molecule has 2 aromatic rings. The first-order valence-electron chi connectivity index (χ1n) is 5.91. The fourth-order valence-electron chi connectivity index (χ4n) is 1.50. The molecule has 112 valence electrons. The standard InChI is InChI=1S/C12H13F2N5O2/c1-15-10-17-11(19-12(18-10)20-2)16-7-5-3-4-6-8(7)21-9(13)14/h3-6,9H,1-2H3,(H2,15,16,17,18,19). The second kappa shape index (κ2) is 6.64. The normalized spacial score (nSPS) is 10.3. The molecule has 1 aromatic heterocycles. The van der Waals surface area contributed by atoms with Crippen LogP contribution in [0.5, 0.6) is 11.8 Å². The summed E-state index contributed by atoms with van der Waals surface area (Å²) >= 11 is 0. The van der Waals surface area contributed by atoms with Crippen molar-refractivity contribution in [2.75, 3.05) is 24.8 Å². The van der Waals surface area contributed by atoms with Gasteiger partial charge in [-0.1, -0.05) is 12.1 Å². The summed E-state index contributed by atoms with van der Waals surface area (Å²) < 4.78 is 34.1. The lowest BCUT2D eigenvalue weighted by atomic mass is 10.3. The van der Waals surface area contributed by atoms with Crippen molar-refractivity contribution in [3.8, 4) is 11.8 Å². The number of nitrogens with zero attached hydrogens (tertiary/aromatic N) is 3. The van der Waals surface area contributed by atoms with Gasteiger partial charge in [0.25, 0.3) is 0 Å². The quantitative estimate of drug-likeness (QED) is 0.846. The minimum atomic E-state index is -2.92. The lowest BCUT2D eigenvalue weighted by Crippen LogP contribution is -2.08. The van der Waals surface area contributed by atoms with Gasteiger partial charge in [0.05, 0.1) is 12.8 Å². The first-order chi connectivity index (χ1) is 10.1. The summed E-state index contributed by atoms with van der Waals surface area (Å²) in [5.41, 5.74) is 0.299. The fourth-order valence-corrected chi connectivity index (χ4v) is 1.50. The van der Waals surface area contributed by atoms with Gasteiger partial charge < -0.3 is 20.1 Å². The Morgan fingerprint density at radius 1 is 1.10 bits per heavy atom. The Morgan fingerprint density at radius 2 is 1.81 bits per heavy atom. The van der Waals surface area contributed by atoms with E-state index >= 15 is 0 Å². The SMILES string of the molecule is CNc1nc(Nc2ccccc2OC(F)F)nc(OC)n1. The Bertz CT molecular complexity index is 590. The van der Waals surface area contributed by atoms with Gasteiger partial charge in [-0.05, 0) is 12.1 Å².